The fourth-order valence-electron chi connectivity index (χ4n) is 3.80. The van der Waals surface area contributed by atoms with Crippen molar-refractivity contribution in [3.63, 3.8) is 0 Å². The summed E-state index contributed by atoms with van der Waals surface area (Å²) in [5, 5.41) is 7.29. The van der Waals surface area contributed by atoms with Crippen LogP contribution in [-0.2, 0) is 23.2 Å². The van der Waals surface area contributed by atoms with Gasteiger partial charge in [0.15, 0.2) is 0 Å². The summed E-state index contributed by atoms with van der Waals surface area (Å²) >= 11 is 0. The molecule has 1 aromatic heterocycles. The number of piperidine rings is 1. The molecule has 2 saturated heterocycles. The number of aromatic nitrogens is 2. The number of nitrogens with one attached hydrogen (secondary N) is 1. The lowest BCUT2D eigenvalue weighted by Gasteiger charge is -2.32. The van der Waals surface area contributed by atoms with E-state index in [1.165, 1.54) is 5.69 Å². The second-order valence-electron chi connectivity index (χ2n) is 7.40. The van der Waals surface area contributed by atoms with E-state index in [0.29, 0.717) is 32.0 Å². The Morgan fingerprint density at radius 2 is 2.19 bits per heavy atom. The average molecular weight is 359 g/mol. The lowest BCUT2D eigenvalue weighted by Crippen LogP contribution is -2.40. The summed E-state index contributed by atoms with van der Waals surface area (Å²) in [7, 11) is 1.97. The highest BCUT2D eigenvalue weighted by atomic mass is 16.2. The molecule has 0 aliphatic carbocycles. The van der Waals surface area contributed by atoms with E-state index in [1.54, 1.807) is 11.0 Å². The lowest BCUT2D eigenvalue weighted by molar-refractivity contribution is -0.128. The molecule has 2 amide bonds. The number of aryl methyl sites for hydroxylation is 1. The standard InChI is InChI=1S/C19H29N5O2/c1-3-8-24-13-16(11-18(24)25)19(26)20-12-15-5-9-23(10-6-15)14-17-4-7-21-22(17)2/h3-4,7,15-16H,1,5-6,8-14H2,2H3,(H,20,26). The van der Waals surface area contributed by atoms with Gasteiger partial charge in [-0.05, 0) is 37.9 Å². The van der Waals surface area contributed by atoms with Gasteiger partial charge in [0.25, 0.3) is 0 Å². The van der Waals surface area contributed by atoms with Crippen molar-refractivity contribution in [3.8, 4) is 0 Å². The van der Waals surface area contributed by atoms with Crippen LogP contribution in [0.5, 0.6) is 0 Å². The Bertz CT molecular complexity index is 648. The van der Waals surface area contributed by atoms with Gasteiger partial charge in [0.05, 0.1) is 11.6 Å². The molecule has 7 nitrogen and oxygen atoms in total. The van der Waals surface area contributed by atoms with E-state index < -0.39 is 0 Å². The quantitative estimate of drug-likeness (QED) is 0.731. The largest absolute Gasteiger partial charge is 0.356 e. The van der Waals surface area contributed by atoms with Crippen LogP contribution in [0.1, 0.15) is 25.0 Å². The number of carbonyl (C=O) groups is 2. The molecule has 26 heavy (non-hydrogen) atoms. The first kappa shape index (κ1) is 18.6. The number of amides is 2. The van der Waals surface area contributed by atoms with Crippen LogP contribution in [0.3, 0.4) is 0 Å². The van der Waals surface area contributed by atoms with Crippen molar-refractivity contribution in [3.05, 3.63) is 30.6 Å². The van der Waals surface area contributed by atoms with Crippen LogP contribution in [-0.4, -0.2) is 64.1 Å². The average Bonchev–Trinajstić information content (AvgIpc) is 3.20. The number of hydrogen-bond donors (Lipinski definition) is 1. The molecule has 2 aliphatic rings. The molecule has 0 spiro atoms. The van der Waals surface area contributed by atoms with E-state index in [9.17, 15) is 9.59 Å². The first-order chi connectivity index (χ1) is 12.6. The SMILES string of the molecule is C=CCN1CC(C(=O)NCC2CCN(Cc3ccnn3C)CC2)CC1=O. The van der Waals surface area contributed by atoms with Crippen LogP contribution >= 0.6 is 0 Å². The summed E-state index contributed by atoms with van der Waals surface area (Å²) < 4.78 is 1.92. The van der Waals surface area contributed by atoms with Gasteiger partial charge >= 0.3 is 0 Å². The molecule has 142 valence electrons. The van der Waals surface area contributed by atoms with Crippen LogP contribution in [0.15, 0.2) is 24.9 Å². The Morgan fingerprint density at radius 1 is 1.42 bits per heavy atom. The minimum absolute atomic E-state index is 0.0160. The molecule has 0 bridgehead atoms. The molecule has 1 atom stereocenters. The van der Waals surface area contributed by atoms with Gasteiger partial charge in [-0.25, -0.2) is 0 Å². The van der Waals surface area contributed by atoms with E-state index in [4.69, 9.17) is 0 Å². The summed E-state index contributed by atoms with van der Waals surface area (Å²) in [6.45, 7) is 8.42. The van der Waals surface area contributed by atoms with Crippen molar-refractivity contribution in [2.45, 2.75) is 25.8 Å². The van der Waals surface area contributed by atoms with Gasteiger partial charge < -0.3 is 10.2 Å². The Labute approximate surface area is 155 Å². The van der Waals surface area contributed by atoms with Crippen LogP contribution in [0.25, 0.3) is 0 Å². The Kier molecular flexibility index (Phi) is 6.08. The van der Waals surface area contributed by atoms with Gasteiger partial charge in [0.2, 0.25) is 11.8 Å². The van der Waals surface area contributed by atoms with Crippen LogP contribution in [0.4, 0.5) is 0 Å². The lowest BCUT2D eigenvalue weighted by atomic mass is 9.96. The highest BCUT2D eigenvalue weighted by Crippen LogP contribution is 2.20. The molecule has 3 heterocycles. The minimum atomic E-state index is -0.215. The predicted octanol–water partition coefficient (Wildman–Crippen LogP) is 0.783. The first-order valence-electron chi connectivity index (χ1n) is 9.42. The third-order valence-corrected chi connectivity index (χ3v) is 5.51. The smallest absolute Gasteiger partial charge is 0.225 e. The molecule has 7 heteroatoms. The molecule has 0 aromatic carbocycles. The number of rotatable bonds is 7. The maximum Gasteiger partial charge on any atom is 0.225 e. The molecular formula is C19H29N5O2. The zero-order chi connectivity index (χ0) is 18.5. The van der Waals surface area contributed by atoms with Gasteiger partial charge in [-0.2, -0.15) is 5.10 Å². The normalized spacial score (nSPS) is 22.0. The predicted molar refractivity (Wildman–Crippen MR) is 99.1 cm³/mol. The third kappa shape index (κ3) is 4.52. The number of carbonyl (C=O) groups excluding carboxylic acids is 2. The Morgan fingerprint density at radius 3 is 2.85 bits per heavy atom. The zero-order valence-electron chi connectivity index (χ0n) is 15.6. The Hall–Kier alpha value is -2.15. The van der Waals surface area contributed by atoms with E-state index in [-0.39, 0.29) is 17.7 Å². The number of hydrogen-bond acceptors (Lipinski definition) is 4. The van der Waals surface area contributed by atoms with Gasteiger partial charge in [-0.15, -0.1) is 6.58 Å². The van der Waals surface area contributed by atoms with E-state index in [1.807, 2.05) is 17.9 Å². The topological polar surface area (TPSA) is 70.5 Å². The molecule has 2 aliphatic heterocycles. The summed E-state index contributed by atoms with van der Waals surface area (Å²) in [6, 6.07) is 2.06. The van der Waals surface area contributed by atoms with Crippen molar-refractivity contribution < 1.29 is 9.59 Å². The van der Waals surface area contributed by atoms with Gasteiger partial charge in [0.1, 0.15) is 0 Å². The second kappa shape index (κ2) is 8.49. The van der Waals surface area contributed by atoms with E-state index >= 15 is 0 Å². The zero-order valence-corrected chi connectivity index (χ0v) is 15.6. The van der Waals surface area contributed by atoms with Gasteiger partial charge in [-0.3, -0.25) is 19.2 Å². The third-order valence-electron chi connectivity index (χ3n) is 5.51. The summed E-state index contributed by atoms with van der Waals surface area (Å²) in [6.07, 6.45) is 6.04. The summed E-state index contributed by atoms with van der Waals surface area (Å²) in [4.78, 5) is 28.4. The molecule has 0 saturated carbocycles. The van der Waals surface area contributed by atoms with Crippen molar-refractivity contribution in [1.29, 1.82) is 0 Å². The highest BCUT2D eigenvalue weighted by molar-refractivity contribution is 5.89. The van der Waals surface area contributed by atoms with Gasteiger partial charge in [0, 0.05) is 45.8 Å². The molecule has 2 fully saturated rings. The highest BCUT2D eigenvalue weighted by Gasteiger charge is 2.33. The van der Waals surface area contributed by atoms with Crippen molar-refractivity contribution >= 4 is 11.8 Å². The van der Waals surface area contributed by atoms with Crippen molar-refractivity contribution in [2.75, 3.05) is 32.7 Å². The second-order valence-corrected chi connectivity index (χ2v) is 7.40. The Balaban J connectivity index is 1.37. The molecule has 1 unspecified atom stereocenters. The monoisotopic (exact) mass is 359 g/mol. The minimum Gasteiger partial charge on any atom is -0.356 e. The fourth-order valence-corrected chi connectivity index (χ4v) is 3.80. The summed E-state index contributed by atoms with van der Waals surface area (Å²) in [5.74, 6) is 0.367. The van der Waals surface area contributed by atoms with Crippen molar-refractivity contribution in [2.24, 2.45) is 18.9 Å². The molecule has 0 radical (unpaired) electrons. The molecule has 1 aromatic rings. The van der Waals surface area contributed by atoms with Crippen LogP contribution < -0.4 is 5.32 Å². The van der Waals surface area contributed by atoms with Crippen LogP contribution in [0, 0.1) is 11.8 Å². The molecule has 1 N–H and O–H groups in total. The van der Waals surface area contributed by atoms with Crippen molar-refractivity contribution in [1.82, 2.24) is 24.9 Å². The maximum absolute atomic E-state index is 12.4. The first-order valence-corrected chi connectivity index (χ1v) is 9.42. The van der Waals surface area contributed by atoms with Crippen LogP contribution in [0.2, 0.25) is 0 Å². The number of nitrogens with zero attached hydrogens (tertiary/aromatic N) is 4. The van der Waals surface area contributed by atoms with E-state index in [2.05, 4.69) is 28.0 Å². The molecular weight excluding hydrogens is 330 g/mol. The maximum atomic E-state index is 12.4. The fraction of sp³-hybridized carbons (Fsp3) is 0.632. The van der Waals surface area contributed by atoms with E-state index in [0.717, 1.165) is 32.5 Å². The number of likely N-dealkylation sites (tertiary alicyclic amines) is 2. The summed E-state index contributed by atoms with van der Waals surface area (Å²) in [5.41, 5.74) is 1.23. The molecule has 3 rings (SSSR count). The van der Waals surface area contributed by atoms with Gasteiger partial charge in [-0.1, -0.05) is 6.08 Å².